The molecule has 3 atom stereocenters. The molecule has 17 heavy (non-hydrogen) atoms. The van der Waals surface area contributed by atoms with Gasteiger partial charge in [-0.15, -0.1) is 0 Å². The zero-order valence-corrected chi connectivity index (χ0v) is 11.3. The van der Waals surface area contributed by atoms with Crippen LogP contribution in [-0.2, 0) is 9.53 Å². The summed E-state index contributed by atoms with van der Waals surface area (Å²) < 4.78 is 5.64. The standard InChI is InChI=1S/C13H26N2O2/c1-4-10(2)15-13(16)11(3)17-9-12-6-5-7-14-8-12/h10-12,14H,4-9H2,1-3H3,(H,15,16). The maximum atomic E-state index is 11.7. The molecule has 4 nitrogen and oxygen atoms in total. The van der Waals surface area contributed by atoms with Crippen molar-refractivity contribution in [2.75, 3.05) is 19.7 Å². The molecule has 1 amide bonds. The van der Waals surface area contributed by atoms with E-state index in [2.05, 4.69) is 17.6 Å². The molecule has 100 valence electrons. The molecule has 2 N–H and O–H groups in total. The Hall–Kier alpha value is -0.610. The number of rotatable bonds is 6. The molecule has 0 radical (unpaired) electrons. The van der Waals surface area contributed by atoms with Gasteiger partial charge in [-0.3, -0.25) is 4.79 Å². The van der Waals surface area contributed by atoms with Crippen molar-refractivity contribution in [1.29, 1.82) is 0 Å². The first kappa shape index (κ1) is 14.5. The lowest BCUT2D eigenvalue weighted by Crippen LogP contribution is -2.41. The van der Waals surface area contributed by atoms with E-state index < -0.39 is 0 Å². The summed E-state index contributed by atoms with van der Waals surface area (Å²) in [4.78, 5) is 11.7. The minimum Gasteiger partial charge on any atom is -0.368 e. The van der Waals surface area contributed by atoms with E-state index in [4.69, 9.17) is 4.74 Å². The Labute approximate surface area is 104 Å². The number of ether oxygens (including phenoxy) is 1. The summed E-state index contributed by atoms with van der Waals surface area (Å²) in [6.45, 7) is 8.70. The van der Waals surface area contributed by atoms with E-state index in [0.29, 0.717) is 12.5 Å². The molecule has 1 fully saturated rings. The summed E-state index contributed by atoms with van der Waals surface area (Å²) in [7, 11) is 0. The topological polar surface area (TPSA) is 50.4 Å². The molecule has 0 aromatic rings. The predicted molar refractivity (Wildman–Crippen MR) is 68.9 cm³/mol. The maximum absolute atomic E-state index is 11.7. The number of hydrogen-bond acceptors (Lipinski definition) is 3. The number of amides is 1. The van der Waals surface area contributed by atoms with Gasteiger partial charge in [0.25, 0.3) is 0 Å². The van der Waals surface area contributed by atoms with Crippen molar-refractivity contribution in [3.63, 3.8) is 0 Å². The van der Waals surface area contributed by atoms with E-state index in [-0.39, 0.29) is 18.1 Å². The zero-order chi connectivity index (χ0) is 12.7. The van der Waals surface area contributed by atoms with Gasteiger partial charge in [-0.1, -0.05) is 6.92 Å². The molecule has 1 rings (SSSR count). The number of nitrogens with one attached hydrogen (secondary N) is 2. The van der Waals surface area contributed by atoms with Crippen molar-refractivity contribution in [3.05, 3.63) is 0 Å². The van der Waals surface area contributed by atoms with Gasteiger partial charge >= 0.3 is 0 Å². The second kappa shape index (κ2) is 7.67. The summed E-state index contributed by atoms with van der Waals surface area (Å²) in [6, 6.07) is 0.227. The number of carbonyl (C=O) groups excluding carboxylic acids is 1. The Balaban J connectivity index is 2.18. The van der Waals surface area contributed by atoms with Crippen LogP contribution in [0.2, 0.25) is 0 Å². The Morgan fingerprint density at radius 2 is 2.29 bits per heavy atom. The molecule has 0 saturated carbocycles. The molecule has 0 aromatic heterocycles. The second-order valence-corrected chi connectivity index (χ2v) is 5.01. The first-order valence-corrected chi connectivity index (χ1v) is 6.76. The minimum atomic E-state index is -0.342. The first-order chi connectivity index (χ1) is 8.13. The highest BCUT2D eigenvalue weighted by Gasteiger charge is 2.18. The SMILES string of the molecule is CCC(C)NC(=O)C(C)OCC1CCCNC1. The lowest BCUT2D eigenvalue weighted by atomic mass is 10.0. The monoisotopic (exact) mass is 242 g/mol. The Kier molecular flexibility index (Phi) is 6.52. The second-order valence-electron chi connectivity index (χ2n) is 5.01. The Morgan fingerprint density at radius 1 is 1.53 bits per heavy atom. The van der Waals surface area contributed by atoms with Gasteiger partial charge in [0.05, 0.1) is 6.61 Å². The van der Waals surface area contributed by atoms with Crippen molar-refractivity contribution in [2.45, 2.75) is 52.2 Å². The van der Waals surface area contributed by atoms with Crippen molar-refractivity contribution < 1.29 is 9.53 Å². The van der Waals surface area contributed by atoms with Gasteiger partial charge in [0.15, 0.2) is 0 Å². The lowest BCUT2D eigenvalue weighted by Gasteiger charge is -2.24. The Bertz CT molecular complexity index is 227. The fourth-order valence-corrected chi connectivity index (χ4v) is 1.88. The molecule has 0 aliphatic carbocycles. The van der Waals surface area contributed by atoms with Crippen LogP contribution in [0, 0.1) is 5.92 Å². The minimum absolute atomic E-state index is 0.00289. The molecule has 0 aromatic carbocycles. The van der Waals surface area contributed by atoms with Gasteiger partial charge in [-0.25, -0.2) is 0 Å². The Morgan fingerprint density at radius 3 is 2.88 bits per heavy atom. The van der Waals surface area contributed by atoms with E-state index in [1.807, 2.05) is 13.8 Å². The van der Waals surface area contributed by atoms with Crippen LogP contribution in [0.1, 0.15) is 40.0 Å². The zero-order valence-electron chi connectivity index (χ0n) is 11.3. The van der Waals surface area contributed by atoms with E-state index in [1.54, 1.807) is 0 Å². The number of piperidine rings is 1. The van der Waals surface area contributed by atoms with Gasteiger partial charge in [-0.05, 0) is 45.6 Å². The van der Waals surface area contributed by atoms with Crippen LogP contribution in [0.15, 0.2) is 0 Å². The van der Waals surface area contributed by atoms with Crippen molar-refractivity contribution >= 4 is 5.91 Å². The first-order valence-electron chi connectivity index (χ1n) is 6.76. The molecule has 3 unspecified atom stereocenters. The smallest absolute Gasteiger partial charge is 0.249 e. The van der Waals surface area contributed by atoms with Crippen LogP contribution in [0.5, 0.6) is 0 Å². The highest BCUT2D eigenvalue weighted by Crippen LogP contribution is 2.11. The van der Waals surface area contributed by atoms with Crippen LogP contribution in [0.25, 0.3) is 0 Å². The van der Waals surface area contributed by atoms with Crippen molar-refractivity contribution in [2.24, 2.45) is 5.92 Å². The van der Waals surface area contributed by atoms with Crippen LogP contribution in [-0.4, -0.2) is 37.7 Å². The van der Waals surface area contributed by atoms with Gasteiger partial charge < -0.3 is 15.4 Å². The summed E-state index contributed by atoms with van der Waals surface area (Å²) in [5.74, 6) is 0.561. The van der Waals surface area contributed by atoms with Crippen LogP contribution in [0.4, 0.5) is 0 Å². The molecule has 1 heterocycles. The average molecular weight is 242 g/mol. The van der Waals surface area contributed by atoms with Crippen LogP contribution < -0.4 is 10.6 Å². The van der Waals surface area contributed by atoms with Crippen molar-refractivity contribution in [1.82, 2.24) is 10.6 Å². The van der Waals surface area contributed by atoms with E-state index in [9.17, 15) is 4.79 Å². The third-order valence-electron chi connectivity index (χ3n) is 3.35. The predicted octanol–water partition coefficient (Wildman–Crippen LogP) is 1.31. The summed E-state index contributed by atoms with van der Waals surface area (Å²) in [6.07, 6.45) is 3.02. The fraction of sp³-hybridized carbons (Fsp3) is 0.923. The number of carbonyl (C=O) groups is 1. The van der Waals surface area contributed by atoms with Gasteiger partial charge in [0.2, 0.25) is 5.91 Å². The third-order valence-corrected chi connectivity index (χ3v) is 3.35. The molecule has 1 aliphatic heterocycles. The van der Waals surface area contributed by atoms with Gasteiger partial charge in [0, 0.05) is 12.6 Å². The summed E-state index contributed by atoms with van der Waals surface area (Å²) >= 11 is 0. The highest BCUT2D eigenvalue weighted by atomic mass is 16.5. The quantitative estimate of drug-likeness (QED) is 0.738. The lowest BCUT2D eigenvalue weighted by molar-refractivity contribution is -0.133. The van der Waals surface area contributed by atoms with Gasteiger partial charge in [0.1, 0.15) is 6.10 Å². The summed E-state index contributed by atoms with van der Waals surface area (Å²) in [5, 5.41) is 6.29. The molecule has 0 bridgehead atoms. The van der Waals surface area contributed by atoms with E-state index >= 15 is 0 Å². The maximum Gasteiger partial charge on any atom is 0.249 e. The summed E-state index contributed by atoms with van der Waals surface area (Å²) in [5.41, 5.74) is 0. The van der Waals surface area contributed by atoms with Crippen LogP contribution >= 0.6 is 0 Å². The van der Waals surface area contributed by atoms with Crippen molar-refractivity contribution in [3.8, 4) is 0 Å². The normalized spacial score (nSPS) is 24.1. The molecule has 0 spiro atoms. The molecule has 4 heteroatoms. The average Bonchev–Trinajstić information content (AvgIpc) is 2.36. The molecule has 1 aliphatic rings. The van der Waals surface area contributed by atoms with E-state index in [0.717, 1.165) is 19.5 Å². The highest BCUT2D eigenvalue weighted by molar-refractivity contribution is 5.80. The molecular formula is C13H26N2O2. The fourth-order valence-electron chi connectivity index (χ4n) is 1.88. The third kappa shape index (κ3) is 5.50. The molecule has 1 saturated heterocycles. The van der Waals surface area contributed by atoms with E-state index in [1.165, 1.54) is 12.8 Å². The largest absolute Gasteiger partial charge is 0.368 e. The van der Waals surface area contributed by atoms with Crippen LogP contribution in [0.3, 0.4) is 0 Å². The number of hydrogen-bond donors (Lipinski definition) is 2. The molecular weight excluding hydrogens is 216 g/mol. The van der Waals surface area contributed by atoms with Gasteiger partial charge in [-0.2, -0.15) is 0 Å².